The smallest absolute Gasteiger partial charge is 0.143 e. The average molecular weight is 309 g/mol. The predicted molar refractivity (Wildman–Crippen MR) is 73.7 cm³/mol. The van der Waals surface area contributed by atoms with Crippen LogP contribution in [0, 0.1) is 0 Å². The minimum Gasteiger partial charge on any atom is -0.497 e. The topological polar surface area (TPSA) is 57.4 Å². The number of ether oxygens (including phenoxy) is 2. The lowest BCUT2D eigenvalue weighted by Crippen LogP contribution is -2.00. The maximum Gasteiger partial charge on any atom is 0.143 e. The van der Waals surface area contributed by atoms with Crippen LogP contribution in [0.5, 0.6) is 11.5 Å². The van der Waals surface area contributed by atoms with Crippen molar-refractivity contribution in [3.05, 3.63) is 46.7 Å². The van der Waals surface area contributed by atoms with Gasteiger partial charge in [-0.3, -0.25) is 4.98 Å². The first kappa shape index (κ1) is 12.7. The third kappa shape index (κ3) is 3.13. The molecule has 0 bridgehead atoms. The molecule has 0 aliphatic heterocycles. The Balaban J connectivity index is 2.04. The molecule has 5 heteroatoms. The zero-order valence-electron chi connectivity index (χ0n) is 9.89. The van der Waals surface area contributed by atoms with E-state index < -0.39 is 0 Å². The molecule has 0 saturated carbocycles. The summed E-state index contributed by atoms with van der Waals surface area (Å²) in [6.45, 7) is 0.379. The highest BCUT2D eigenvalue weighted by Gasteiger charge is 2.03. The van der Waals surface area contributed by atoms with E-state index in [2.05, 4.69) is 20.9 Å². The van der Waals surface area contributed by atoms with Crippen LogP contribution in [0.15, 0.2) is 41.0 Å². The van der Waals surface area contributed by atoms with Crippen molar-refractivity contribution in [3.63, 3.8) is 0 Å². The van der Waals surface area contributed by atoms with Gasteiger partial charge in [-0.2, -0.15) is 0 Å². The van der Waals surface area contributed by atoms with Crippen molar-refractivity contribution in [1.82, 2.24) is 4.98 Å². The zero-order chi connectivity index (χ0) is 13.0. The van der Waals surface area contributed by atoms with E-state index in [0.717, 1.165) is 10.2 Å². The highest BCUT2D eigenvalue weighted by Crippen LogP contribution is 2.26. The number of halogens is 1. The Bertz CT molecular complexity index is 529. The molecule has 1 aromatic carbocycles. The van der Waals surface area contributed by atoms with E-state index in [1.54, 1.807) is 31.5 Å². The van der Waals surface area contributed by atoms with Crippen LogP contribution in [0.2, 0.25) is 0 Å². The molecular weight excluding hydrogens is 296 g/mol. The Labute approximate surface area is 114 Å². The maximum absolute atomic E-state index is 5.85. The number of pyridine rings is 1. The highest BCUT2D eigenvalue weighted by molar-refractivity contribution is 9.10. The van der Waals surface area contributed by atoms with Crippen LogP contribution in [-0.2, 0) is 6.61 Å². The molecule has 0 unspecified atom stereocenters. The molecule has 2 rings (SSSR count). The average Bonchev–Trinajstić information content (AvgIpc) is 2.39. The summed E-state index contributed by atoms with van der Waals surface area (Å²) in [5.74, 6) is 1.34. The van der Waals surface area contributed by atoms with Crippen LogP contribution in [0.1, 0.15) is 5.69 Å². The molecule has 0 radical (unpaired) electrons. The molecule has 0 spiro atoms. The van der Waals surface area contributed by atoms with Gasteiger partial charge in [0.2, 0.25) is 0 Å². The van der Waals surface area contributed by atoms with E-state index >= 15 is 0 Å². The number of nitrogens with zero attached hydrogens (tertiary/aromatic N) is 1. The SMILES string of the molecule is COc1ccc(OCc2ccc(Br)cn2)c(N)c1. The molecule has 4 nitrogen and oxygen atoms in total. The van der Waals surface area contributed by atoms with Gasteiger partial charge in [-0.1, -0.05) is 0 Å². The fourth-order valence-electron chi connectivity index (χ4n) is 1.43. The maximum atomic E-state index is 5.85. The Kier molecular flexibility index (Phi) is 4.04. The minimum absolute atomic E-state index is 0.379. The van der Waals surface area contributed by atoms with Crippen LogP contribution >= 0.6 is 15.9 Å². The fourth-order valence-corrected chi connectivity index (χ4v) is 1.66. The normalized spacial score (nSPS) is 10.1. The van der Waals surface area contributed by atoms with Crippen molar-refractivity contribution in [1.29, 1.82) is 0 Å². The first-order valence-electron chi connectivity index (χ1n) is 5.36. The molecule has 18 heavy (non-hydrogen) atoms. The van der Waals surface area contributed by atoms with Crippen molar-refractivity contribution < 1.29 is 9.47 Å². The van der Waals surface area contributed by atoms with Crippen molar-refractivity contribution in [2.45, 2.75) is 6.61 Å². The summed E-state index contributed by atoms with van der Waals surface area (Å²) in [4.78, 5) is 4.22. The van der Waals surface area contributed by atoms with E-state index in [4.69, 9.17) is 15.2 Å². The molecule has 0 aliphatic rings. The first-order chi connectivity index (χ1) is 8.69. The van der Waals surface area contributed by atoms with E-state index in [9.17, 15) is 0 Å². The Hall–Kier alpha value is -1.75. The first-order valence-corrected chi connectivity index (χ1v) is 6.15. The lowest BCUT2D eigenvalue weighted by molar-refractivity contribution is 0.302. The highest BCUT2D eigenvalue weighted by atomic mass is 79.9. The number of nitrogens with two attached hydrogens (primary N) is 1. The zero-order valence-corrected chi connectivity index (χ0v) is 11.5. The van der Waals surface area contributed by atoms with Gasteiger partial charge in [0.1, 0.15) is 18.1 Å². The van der Waals surface area contributed by atoms with Crippen LogP contribution in [-0.4, -0.2) is 12.1 Å². The molecule has 1 heterocycles. The van der Waals surface area contributed by atoms with Gasteiger partial charge in [0.05, 0.1) is 18.5 Å². The van der Waals surface area contributed by atoms with Gasteiger partial charge in [0.25, 0.3) is 0 Å². The molecule has 0 fully saturated rings. The second kappa shape index (κ2) is 5.73. The minimum atomic E-state index is 0.379. The van der Waals surface area contributed by atoms with Crippen LogP contribution in [0.25, 0.3) is 0 Å². The Morgan fingerprint density at radius 1 is 1.28 bits per heavy atom. The van der Waals surface area contributed by atoms with E-state index in [-0.39, 0.29) is 0 Å². The summed E-state index contributed by atoms with van der Waals surface area (Å²) in [5, 5.41) is 0. The van der Waals surface area contributed by atoms with Gasteiger partial charge >= 0.3 is 0 Å². The van der Waals surface area contributed by atoms with Crippen molar-refractivity contribution in [3.8, 4) is 11.5 Å². The summed E-state index contributed by atoms with van der Waals surface area (Å²) in [6, 6.07) is 9.13. The van der Waals surface area contributed by atoms with Crippen LogP contribution in [0.3, 0.4) is 0 Å². The summed E-state index contributed by atoms with van der Waals surface area (Å²) in [5.41, 5.74) is 7.24. The van der Waals surface area contributed by atoms with Gasteiger partial charge < -0.3 is 15.2 Å². The predicted octanol–water partition coefficient (Wildman–Crippen LogP) is 3.01. The summed E-state index contributed by atoms with van der Waals surface area (Å²) in [7, 11) is 1.60. The third-order valence-electron chi connectivity index (χ3n) is 2.38. The number of rotatable bonds is 4. The number of nitrogen functional groups attached to an aromatic ring is 1. The summed E-state index contributed by atoms with van der Waals surface area (Å²) >= 11 is 3.33. The second-order valence-electron chi connectivity index (χ2n) is 3.66. The fraction of sp³-hybridized carbons (Fsp3) is 0.154. The molecule has 94 valence electrons. The molecular formula is C13H13BrN2O2. The summed E-state index contributed by atoms with van der Waals surface area (Å²) < 4.78 is 11.6. The van der Waals surface area contributed by atoms with Gasteiger partial charge in [-0.05, 0) is 40.2 Å². The Morgan fingerprint density at radius 3 is 2.72 bits per heavy atom. The molecule has 2 aromatic rings. The van der Waals surface area contributed by atoms with Gasteiger partial charge in [-0.25, -0.2) is 0 Å². The van der Waals surface area contributed by atoms with E-state index in [1.807, 2.05) is 12.1 Å². The van der Waals surface area contributed by atoms with Gasteiger partial charge in [0, 0.05) is 16.7 Å². The van der Waals surface area contributed by atoms with E-state index in [0.29, 0.717) is 23.8 Å². The van der Waals surface area contributed by atoms with E-state index in [1.165, 1.54) is 0 Å². The quantitative estimate of drug-likeness (QED) is 0.882. The number of benzene rings is 1. The standard InChI is InChI=1S/C13H13BrN2O2/c1-17-11-4-5-13(12(15)6-11)18-8-10-3-2-9(14)7-16-10/h2-7H,8,15H2,1H3. The third-order valence-corrected chi connectivity index (χ3v) is 2.85. The number of anilines is 1. The van der Waals surface area contributed by atoms with Crippen molar-refractivity contribution in [2.75, 3.05) is 12.8 Å². The summed E-state index contributed by atoms with van der Waals surface area (Å²) in [6.07, 6.45) is 1.73. The monoisotopic (exact) mass is 308 g/mol. The lowest BCUT2D eigenvalue weighted by atomic mass is 10.3. The molecule has 0 saturated heterocycles. The Morgan fingerprint density at radius 2 is 2.11 bits per heavy atom. The number of methoxy groups -OCH3 is 1. The number of hydrogen-bond acceptors (Lipinski definition) is 4. The second-order valence-corrected chi connectivity index (χ2v) is 4.58. The molecule has 1 aromatic heterocycles. The van der Waals surface area contributed by atoms with Crippen molar-refractivity contribution in [2.24, 2.45) is 0 Å². The van der Waals surface area contributed by atoms with Gasteiger partial charge in [-0.15, -0.1) is 0 Å². The molecule has 0 aliphatic carbocycles. The van der Waals surface area contributed by atoms with Crippen LogP contribution < -0.4 is 15.2 Å². The number of aromatic nitrogens is 1. The molecule has 0 atom stereocenters. The lowest BCUT2D eigenvalue weighted by Gasteiger charge is -2.09. The number of hydrogen-bond donors (Lipinski definition) is 1. The molecule has 2 N–H and O–H groups in total. The largest absolute Gasteiger partial charge is 0.497 e. The van der Waals surface area contributed by atoms with Gasteiger partial charge in [0.15, 0.2) is 0 Å². The van der Waals surface area contributed by atoms with Crippen molar-refractivity contribution >= 4 is 21.6 Å². The molecule has 0 amide bonds. The van der Waals surface area contributed by atoms with Crippen LogP contribution in [0.4, 0.5) is 5.69 Å².